The number of carbonyl (C=O) groups is 1. The third-order valence-electron chi connectivity index (χ3n) is 3.79. The zero-order valence-corrected chi connectivity index (χ0v) is 11.7. The van der Waals surface area contributed by atoms with Gasteiger partial charge < -0.3 is 5.73 Å². The van der Waals surface area contributed by atoms with E-state index in [9.17, 15) is 9.18 Å². The predicted octanol–water partition coefficient (Wildman–Crippen LogP) is 3.64. The van der Waals surface area contributed by atoms with E-state index >= 15 is 0 Å². The maximum Gasteiger partial charge on any atom is 0.139 e. The maximum absolute atomic E-state index is 13.6. The summed E-state index contributed by atoms with van der Waals surface area (Å²) in [6, 6.07) is 4.29. The highest BCUT2D eigenvalue weighted by atomic mass is 35.5. The first-order valence-corrected chi connectivity index (χ1v) is 7.11. The van der Waals surface area contributed by atoms with Crippen LogP contribution in [0.1, 0.15) is 44.1 Å². The van der Waals surface area contributed by atoms with E-state index in [1.165, 1.54) is 24.6 Å². The molecule has 2 N–H and O–H groups in total. The van der Waals surface area contributed by atoms with Crippen molar-refractivity contribution in [2.24, 2.45) is 5.73 Å². The highest BCUT2D eigenvalue weighted by Crippen LogP contribution is 2.29. The molecule has 2 rings (SSSR count). The van der Waals surface area contributed by atoms with Gasteiger partial charge in [-0.2, -0.15) is 0 Å². The molecule has 0 atom stereocenters. The van der Waals surface area contributed by atoms with Gasteiger partial charge in [-0.05, 0) is 36.6 Å². The fourth-order valence-corrected chi connectivity index (χ4v) is 2.97. The van der Waals surface area contributed by atoms with Crippen LogP contribution in [0.5, 0.6) is 0 Å². The Bertz CT molecular complexity index is 469. The molecule has 1 aromatic rings. The van der Waals surface area contributed by atoms with Gasteiger partial charge in [0.15, 0.2) is 0 Å². The van der Waals surface area contributed by atoms with Gasteiger partial charge in [0, 0.05) is 23.4 Å². The van der Waals surface area contributed by atoms with Crippen molar-refractivity contribution in [1.29, 1.82) is 0 Å². The molecule has 2 nitrogen and oxygen atoms in total. The lowest BCUT2D eigenvalue weighted by atomic mass is 9.78. The smallest absolute Gasteiger partial charge is 0.139 e. The summed E-state index contributed by atoms with van der Waals surface area (Å²) >= 11 is 5.82. The largest absolute Gasteiger partial charge is 0.325 e. The number of rotatable bonds is 4. The number of Topliss-reactive ketones (excluding diaryl/α,β-unsaturated/α-hetero) is 1. The third kappa shape index (κ3) is 4.02. The van der Waals surface area contributed by atoms with Gasteiger partial charge in [0.1, 0.15) is 11.6 Å². The van der Waals surface area contributed by atoms with Gasteiger partial charge in [-0.25, -0.2) is 4.39 Å². The Labute approximate surface area is 118 Å². The zero-order chi connectivity index (χ0) is 13.9. The van der Waals surface area contributed by atoms with E-state index in [4.69, 9.17) is 17.3 Å². The van der Waals surface area contributed by atoms with Crippen molar-refractivity contribution in [2.75, 3.05) is 0 Å². The molecule has 1 aliphatic rings. The minimum Gasteiger partial charge on any atom is -0.325 e. The Hall–Kier alpha value is -0.930. The summed E-state index contributed by atoms with van der Waals surface area (Å²) in [5.74, 6) is -0.391. The summed E-state index contributed by atoms with van der Waals surface area (Å²) in [5, 5.41) is 0.448. The van der Waals surface area contributed by atoms with Crippen molar-refractivity contribution in [3.63, 3.8) is 0 Å². The molecule has 1 aromatic carbocycles. The lowest BCUT2D eigenvalue weighted by Crippen LogP contribution is -2.43. The lowest BCUT2D eigenvalue weighted by Gasteiger charge is -2.32. The summed E-state index contributed by atoms with van der Waals surface area (Å²) < 4.78 is 13.6. The molecule has 0 bridgehead atoms. The molecule has 0 aromatic heterocycles. The number of hydrogen-bond donors (Lipinski definition) is 1. The van der Waals surface area contributed by atoms with Crippen molar-refractivity contribution in [2.45, 2.75) is 50.5 Å². The van der Waals surface area contributed by atoms with E-state index in [0.717, 1.165) is 25.7 Å². The van der Waals surface area contributed by atoms with Crippen LogP contribution in [0.15, 0.2) is 18.2 Å². The van der Waals surface area contributed by atoms with Gasteiger partial charge in [0.05, 0.1) is 0 Å². The second-order valence-electron chi connectivity index (χ2n) is 5.55. The molecule has 19 heavy (non-hydrogen) atoms. The van der Waals surface area contributed by atoms with Crippen LogP contribution in [-0.4, -0.2) is 11.3 Å². The molecular weight excluding hydrogens is 265 g/mol. The SMILES string of the molecule is NC1(CC(=O)Cc2cc(Cl)ccc2F)CCCCC1. The quantitative estimate of drug-likeness (QED) is 0.917. The molecule has 0 saturated heterocycles. The average Bonchev–Trinajstić information content (AvgIpc) is 2.34. The summed E-state index contributed by atoms with van der Waals surface area (Å²) in [4.78, 5) is 12.1. The second-order valence-corrected chi connectivity index (χ2v) is 5.99. The van der Waals surface area contributed by atoms with E-state index in [1.807, 2.05) is 0 Å². The Morgan fingerprint density at radius 2 is 2.00 bits per heavy atom. The first-order chi connectivity index (χ1) is 8.98. The van der Waals surface area contributed by atoms with Crippen LogP contribution >= 0.6 is 11.6 Å². The molecule has 0 unspecified atom stereocenters. The first-order valence-electron chi connectivity index (χ1n) is 6.73. The number of carbonyl (C=O) groups excluding carboxylic acids is 1. The molecule has 1 aliphatic carbocycles. The lowest BCUT2D eigenvalue weighted by molar-refractivity contribution is -0.119. The predicted molar refractivity (Wildman–Crippen MR) is 74.7 cm³/mol. The molecule has 1 saturated carbocycles. The molecular formula is C15H19ClFNO. The Kier molecular flexibility index (Phi) is 4.58. The van der Waals surface area contributed by atoms with Gasteiger partial charge in [0.25, 0.3) is 0 Å². The molecule has 0 spiro atoms. The Balaban J connectivity index is 1.99. The Morgan fingerprint density at radius 3 is 2.68 bits per heavy atom. The van der Waals surface area contributed by atoms with Gasteiger partial charge in [0.2, 0.25) is 0 Å². The molecule has 1 fully saturated rings. The van der Waals surface area contributed by atoms with E-state index in [-0.39, 0.29) is 23.6 Å². The number of halogens is 2. The van der Waals surface area contributed by atoms with Gasteiger partial charge in [-0.15, -0.1) is 0 Å². The van der Waals surface area contributed by atoms with Crippen molar-refractivity contribution >= 4 is 17.4 Å². The summed E-state index contributed by atoms with van der Waals surface area (Å²) in [5.41, 5.74) is 6.21. The fraction of sp³-hybridized carbons (Fsp3) is 0.533. The summed E-state index contributed by atoms with van der Waals surface area (Å²) in [6.45, 7) is 0. The standard InChI is InChI=1S/C15H19ClFNO/c16-12-4-5-14(17)11(8-12)9-13(19)10-15(18)6-2-1-3-7-15/h4-5,8H,1-3,6-7,9-10,18H2. The number of nitrogens with two attached hydrogens (primary N) is 1. The van der Waals surface area contributed by atoms with Crippen LogP contribution in [0.2, 0.25) is 5.02 Å². The fourth-order valence-electron chi connectivity index (χ4n) is 2.78. The topological polar surface area (TPSA) is 43.1 Å². The van der Waals surface area contributed by atoms with Crippen molar-refractivity contribution in [3.8, 4) is 0 Å². The van der Waals surface area contributed by atoms with Crippen molar-refractivity contribution in [1.82, 2.24) is 0 Å². The summed E-state index contributed by atoms with van der Waals surface area (Å²) in [6.07, 6.45) is 5.53. The normalized spacial score (nSPS) is 18.3. The molecule has 0 amide bonds. The van der Waals surface area contributed by atoms with Gasteiger partial charge in [-0.3, -0.25) is 4.79 Å². The average molecular weight is 284 g/mol. The number of hydrogen-bond acceptors (Lipinski definition) is 2. The van der Waals surface area contributed by atoms with E-state index in [1.54, 1.807) is 0 Å². The minimum atomic E-state index is -0.385. The van der Waals surface area contributed by atoms with Crippen LogP contribution in [0.4, 0.5) is 4.39 Å². The zero-order valence-electron chi connectivity index (χ0n) is 10.9. The van der Waals surface area contributed by atoms with Crippen LogP contribution < -0.4 is 5.73 Å². The highest BCUT2D eigenvalue weighted by Gasteiger charge is 2.29. The summed E-state index contributed by atoms with van der Waals surface area (Å²) in [7, 11) is 0. The van der Waals surface area contributed by atoms with E-state index in [2.05, 4.69) is 0 Å². The van der Waals surface area contributed by atoms with Gasteiger partial charge in [-0.1, -0.05) is 30.9 Å². The maximum atomic E-state index is 13.6. The molecule has 0 radical (unpaired) electrons. The van der Waals surface area contributed by atoms with Gasteiger partial charge >= 0.3 is 0 Å². The van der Waals surface area contributed by atoms with Crippen LogP contribution in [-0.2, 0) is 11.2 Å². The van der Waals surface area contributed by atoms with E-state index < -0.39 is 0 Å². The molecule has 0 heterocycles. The van der Waals surface area contributed by atoms with Crippen molar-refractivity contribution in [3.05, 3.63) is 34.6 Å². The number of ketones is 1. The highest BCUT2D eigenvalue weighted by molar-refractivity contribution is 6.30. The Morgan fingerprint density at radius 1 is 1.32 bits per heavy atom. The van der Waals surface area contributed by atoms with Crippen molar-refractivity contribution < 1.29 is 9.18 Å². The van der Waals surface area contributed by atoms with Crippen LogP contribution in [0.3, 0.4) is 0 Å². The third-order valence-corrected chi connectivity index (χ3v) is 4.03. The van der Waals surface area contributed by atoms with E-state index in [0.29, 0.717) is 17.0 Å². The van der Waals surface area contributed by atoms with Crippen LogP contribution in [0, 0.1) is 5.82 Å². The van der Waals surface area contributed by atoms with Crippen LogP contribution in [0.25, 0.3) is 0 Å². The molecule has 4 heteroatoms. The molecule has 104 valence electrons. The molecule has 0 aliphatic heterocycles. The second kappa shape index (κ2) is 6.02. The monoisotopic (exact) mass is 283 g/mol. The number of benzene rings is 1. The minimum absolute atomic E-state index is 0.00873. The first kappa shape index (κ1) is 14.5.